The summed E-state index contributed by atoms with van der Waals surface area (Å²) >= 11 is 0. The van der Waals surface area contributed by atoms with Gasteiger partial charge >= 0.3 is 0 Å². The van der Waals surface area contributed by atoms with Crippen LogP contribution in [0.2, 0.25) is 0 Å². The molecule has 9 nitrogen and oxygen atoms in total. The van der Waals surface area contributed by atoms with Crippen LogP contribution in [0.5, 0.6) is 0 Å². The number of hydrogen-bond acceptors (Lipinski definition) is 7. The Hall–Kier alpha value is -4.94. The maximum atomic E-state index is 14.4. The summed E-state index contributed by atoms with van der Waals surface area (Å²) in [6.45, 7) is -0.561. The van der Waals surface area contributed by atoms with Gasteiger partial charge in [-0.05, 0) is 11.1 Å². The van der Waals surface area contributed by atoms with Crippen LogP contribution < -0.4 is 4.90 Å². The van der Waals surface area contributed by atoms with E-state index >= 15 is 0 Å². The van der Waals surface area contributed by atoms with Crippen LogP contribution in [0.3, 0.4) is 0 Å². The first-order valence-corrected chi connectivity index (χ1v) is 12.1. The summed E-state index contributed by atoms with van der Waals surface area (Å²) in [4.78, 5) is 39.6. The van der Waals surface area contributed by atoms with Gasteiger partial charge in [-0.3, -0.25) is 19.4 Å². The molecule has 202 valence electrons. The van der Waals surface area contributed by atoms with Crippen molar-refractivity contribution in [1.82, 2.24) is 10.0 Å². The molecule has 3 aliphatic rings. The summed E-state index contributed by atoms with van der Waals surface area (Å²) in [5.41, 5.74) is 0.798. The number of benzene rings is 3. The number of nitrogens with zero attached hydrogens (tertiary/aromatic N) is 6. The molecular formula is C27H18F4N6O3. The minimum absolute atomic E-state index is 0.0100. The summed E-state index contributed by atoms with van der Waals surface area (Å²) < 4.78 is 56.5. The summed E-state index contributed by atoms with van der Waals surface area (Å²) in [7, 11) is 0. The molecule has 40 heavy (non-hydrogen) atoms. The van der Waals surface area contributed by atoms with Crippen LogP contribution >= 0.6 is 0 Å². The van der Waals surface area contributed by atoms with E-state index in [0.717, 1.165) is 16.1 Å². The number of hydrogen-bond donors (Lipinski definition) is 0. The van der Waals surface area contributed by atoms with Crippen molar-refractivity contribution in [2.45, 2.75) is 24.5 Å². The third kappa shape index (κ3) is 4.01. The van der Waals surface area contributed by atoms with Gasteiger partial charge in [0.15, 0.2) is 35.4 Å². The number of carbonyl (C=O) groups is 3. The fourth-order valence-corrected chi connectivity index (χ4v) is 5.02. The Morgan fingerprint density at radius 3 is 2.15 bits per heavy atom. The molecule has 1 fully saturated rings. The maximum Gasteiger partial charge on any atom is 0.264 e. The molecule has 0 spiro atoms. The van der Waals surface area contributed by atoms with E-state index in [1.54, 1.807) is 0 Å². The van der Waals surface area contributed by atoms with Gasteiger partial charge in [0.2, 0.25) is 0 Å². The van der Waals surface area contributed by atoms with Crippen LogP contribution in [0.1, 0.15) is 23.6 Å². The second-order valence-corrected chi connectivity index (χ2v) is 9.30. The lowest BCUT2D eigenvalue weighted by atomic mass is 9.98. The van der Waals surface area contributed by atoms with E-state index in [-0.39, 0.29) is 11.0 Å². The molecule has 13 heteroatoms. The third-order valence-electron chi connectivity index (χ3n) is 6.92. The number of amides is 3. The van der Waals surface area contributed by atoms with Gasteiger partial charge in [0.05, 0.1) is 11.8 Å². The van der Waals surface area contributed by atoms with Crippen LogP contribution in [-0.4, -0.2) is 52.1 Å². The van der Waals surface area contributed by atoms with Crippen molar-refractivity contribution in [3.8, 4) is 0 Å². The predicted octanol–water partition coefficient (Wildman–Crippen LogP) is 3.91. The largest absolute Gasteiger partial charge is 0.271 e. The highest BCUT2D eigenvalue weighted by Gasteiger charge is 2.57. The Balaban J connectivity index is 1.28. The fourth-order valence-electron chi connectivity index (χ4n) is 5.02. The minimum Gasteiger partial charge on any atom is -0.271 e. The second kappa shape index (κ2) is 9.67. The minimum atomic E-state index is -1.91. The summed E-state index contributed by atoms with van der Waals surface area (Å²) in [5.74, 6) is -10.4. The molecule has 3 atom stereocenters. The second-order valence-electron chi connectivity index (χ2n) is 9.30. The van der Waals surface area contributed by atoms with E-state index in [4.69, 9.17) is 0 Å². The first kappa shape index (κ1) is 25.3. The summed E-state index contributed by atoms with van der Waals surface area (Å²) in [6, 6.07) is 14.8. The lowest BCUT2D eigenvalue weighted by molar-refractivity contribution is -0.135. The molecule has 0 saturated carbocycles. The van der Waals surface area contributed by atoms with Gasteiger partial charge < -0.3 is 0 Å². The molecule has 3 amide bonds. The van der Waals surface area contributed by atoms with Gasteiger partial charge in [-0.2, -0.15) is 10.2 Å². The molecule has 0 bridgehead atoms. The van der Waals surface area contributed by atoms with Gasteiger partial charge in [-0.15, -0.1) is 0 Å². The van der Waals surface area contributed by atoms with Crippen molar-refractivity contribution in [3.63, 3.8) is 0 Å². The molecule has 3 aromatic rings. The molecule has 3 heterocycles. The Kier molecular flexibility index (Phi) is 6.12. The van der Waals surface area contributed by atoms with E-state index in [0.29, 0.717) is 12.1 Å². The van der Waals surface area contributed by atoms with Crippen LogP contribution in [0, 0.1) is 23.3 Å². The number of halogens is 4. The highest BCUT2D eigenvalue weighted by Crippen LogP contribution is 2.37. The van der Waals surface area contributed by atoms with E-state index < -0.39 is 71.3 Å². The molecule has 0 aromatic heterocycles. The number of hydrazone groups is 1. The SMILES string of the molecule is O=C1[C@@H]2[C@@H](N=NN2CC(=O)N2N=C(c3ccccc3)C[C@@H]2c2ccccc2)C(=O)N1c1c(F)c(F)cc(F)c1F. The first-order chi connectivity index (χ1) is 19.3. The highest BCUT2D eigenvalue weighted by atomic mass is 19.2. The summed E-state index contributed by atoms with van der Waals surface area (Å²) in [5, 5.41) is 14.2. The average molecular weight is 550 g/mol. The molecule has 1 saturated heterocycles. The number of anilines is 1. The Labute approximate surface area is 224 Å². The number of rotatable bonds is 5. The number of imide groups is 1. The third-order valence-corrected chi connectivity index (χ3v) is 6.92. The first-order valence-electron chi connectivity index (χ1n) is 12.1. The molecular weight excluding hydrogens is 532 g/mol. The molecule has 3 aliphatic heterocycles. The van der Waals surface area contributed by atoms with Crippen molar-refractivity contribution < 1.29 is 31.9 Å². The standard InChI is InChI=1S/C27H18F4N6O3/c28-16-11-17(29)22(31)24(21(16)30)36-26(39)23-25(27(36)40)35(34-32-23)13-20(38)37-19(15-9-5-2-6-10-15)12-18(33-37)14-7-3-1-4-8-14/h1-11,19,23,25H,12-13H2/t19-,23-,25+/m1/s1. The topological polar surface area (TPSA) is 98.0 Å². The van der Waals surface area contributed by atoms with E-state index in [1.807, 2.05) is 60.7 Å². The molecule has 0 radical (unpaired) electrons. The van der Waals surface area contributed by atoms with Crippen LogP contribution in [0.4, 0.5) is 23.2 Å². The zero-order valence-electron chi connectivity index (χ0n) is 20.4. The summed E-state index contributed by atoms with van der Waals surface area (Å²) in [6.07, 6.45) is 0.405. The smallest absolute Gasteiger partial charge is 0.264 e. The predicted molar refractivity (Wildman–Crippen MR) is 132 cm³/mol. The average Bonchev–Trinajstić information content (AvgIpc) is 3.65. The van der Waals surface area contributed by atoms with Crippen LogP contribution in [0.15, 0.2) is 82.2 Å². The van der Waals surface area contributed by atoms with E-state index in [1.165, 1.54) is 5.01 Å². The van der Waals surface area contributed by atoms with E-state index in [9.17, 15) is 31.9 Å². The molecule has 3 aromatic carbocycles. The molecule has 0 N–H and O–H groups in total. The molecule has 0 unspecified atom stereocenters. The van der Waals surface area contributed by atoms with Crippen molar-refractivity contribution >= 4 is 29.1 Å². The monoisotopic (exact) mass is 550 g/mol. The van der Waals surface area contributed by atoms with Gasteiger partial charge in [0.25, 0.3) is 17.7 Å². The lowest BCUT2D eigenvalue weighted by Gasteiger charge is -2.25. The Morgan fingerprint density at radius 1 is 0.875 bits per heavy atom. The van der Waals surface area contributed by atoms with Crippen molar-refractivity contribution in [3.05, 3.63) is 101 Å². The van der Waals surface area contributed by atoms with Gasteiger partial charge in [-0.1, -0.05) is 65.9 Å². The number of carbonyl (C=O) groups excluding carboxylic acids is 3. The van der Waals surface area contributed by atoms with Crippen LogP contribution in [-0.2, 0) is 14.4 Å². The zero-order valence-corrected chi connectivity index (χ0v) is 20.4. The molecule has 0 aliphatic carbocycles. The lowest BCUT2D eigenvalue weighted by Crippen LogP contribution is -2.45. The van der Waals surface area contributed by atoms with Crippen molar-refractivity contribution in [2.24, 2.45) is 15.4 Å². The maximum absolute atomic E-state index is 14.4. The van der Waals surface area contributed by atoms with Crippen molar-refractivity contribution in [2.75, 3.05) is 11.4 Å². The Morgan fingerprint density at radius 2 is 1.50 bits per heavy atom. The normalized spacial score (nSPS) is 21.9. The molecule has 6 rings (SSSR count). The van der Waals surface area contributed by atoms with Crippen molar-refractivity contribution in [1.29, 1.82) is 0 Å². The number of fused-ring (bicyclic) bond motifs is 1. The zero-order chi connectivity index (χ0) is 28.1. The quantitative estimate of drug-likeness (QED) is 0.273. The van der Waals surface area contributed by atoms with Crippen LogP contribution in [0.25, 0.3) is 0 Å². The fraction of sp³-hybridized carbons (Fsp3) is 0.185. The van der Waals surface area contributed by atoms with Gasteiger partial charge in [-0.25, -0.2) is 27.5 Å². The van der Waals surface area contributed by atoms with Gasteiger partial charge in [0, 0.05) is 12.5 Å². The van der Waals surface area contributed by atoms with Gasteiger partial charge in [0.1, 0.15) is 12.2 Å². The highest BCUT2D eigenvalue weighted by molar-refractivity contribution is 6.25. The Bertz CT molecular complexity index is 1570. The van der Waals surface area contributed by atoms with E-state index in [2.05, 4.69) is 15.4 Å².